The molecule has 0 aliphatic carbocycles. The van der Waals surface area contributed by atoms with Gasteiger partial charge in [-0.1, -0.05) is 24.6 Å². The van der Waals surface area contributed by atoms with Gasteiger partial charge >= 0.3 is 0 Å². The zero-order chi connectivity index (χ0) is 14.5. The summed E-state index contributed by atoms with van der Waals surface area (Å²) in [7, 11) is 4.13. The Labute approximate surface area is 121 Å². The van der Waals surface area contributed by atoms with Crippen molar-refractivity contribution in [2.75, 3.05) is 25.5 Å². The normalized spacial score (nSPS) is 19.8. The predicted molar refractivity (Wildman–Crippen MR) is 82.6 cm³/mol. The number of primary amides is 1. The van der Waals surface area contributed by atoms with Gasteiger partial charge < -0.3 is 10.6 Å². The maximum atomic E-state index is 11.2. The number of rotatable bonds is 5. The summed E-state index contributed by atoms with van der Waals surface area (Å²) in [5.41, 5.74) is 7.94. The Morgan fingerprint density at radius 3 is 2.80 bits per heavy atom. The minimum absolute atomic E-state index is 0.192. The Kier molecular flexibility index (Phi) is 5.01. The topological polar surface area (TPSA) is 49.6 Å². The molecule has 0 bridgehead atoms. The highest BCUT2D eigenvalue weighted by Crippen LogP contribution is 2.25. The van der Waals surface area contributed by atoms with Gasteiger partial charge in [0.05, 0.1) is 0 Å². The van der Waals surface area contributed by atoms with Crippen LogP contribution in [0, 0.1) is 0 Å². The molecule has 0 saturated carbocycles. The zero-order valence-corrected chi connectivity index (χ0v) is 12.5. The van der Waals surface area contributed by atoms with Crippen molar-refractivity contribution >= 4 is 11.6 Å². The quantitative estimate of drug-likeness (QED) is 0.894. The van der Waals surface area contributed by atoms with E-state index < -0.39 is 0 Å². The molecule has 1 aromatic carbocycles. The molecular formula is C16H25N3O. The predicted octanol–water partition coefficient (Wildman–Crippen LogP) is 1.98. The summed E-state index contributed by atoms with van der Waals surface area (Å²) in [5.74, 6) is -0.192. The van der Waals surface area contributed by atoms with Gasteiger partial charge in [0, 0.05) is 38.8 Å². The first-order valence-corrected chi connectivity index (χ1v) is 7.35. The minimum atomic E-state index is -0.192. The van der Waals surface area contributed by atoms with E-state index in [-0.39, 0.29) is 5.91 Å². The lowest BCUT2D eigenvalue weighted by atomic mass is 9.98. The number of benzene rings is 1. The smallest absolute Gasteiger partial charge is 0.218 e. The summed E-state index contributed by atoms with van der Waals surface area (Å²) in [6, 6.07) is 8.76. The van der Waals surface area contributed by atoms with Gasteiger partial charge in [0.1, 0.15) is 0 Å². The number of nitrogens with zero attached hydrogens (tertiary/aromatic N) is 2. The number of carbonyl (C=O) groups excluding carboxylic acids is 1. The van der Waals surface area contributed by atoms with E-state index in [1.54, 1.807) is 0 Å². The molecule has 1 atom stereocenters. The van der Waals surface area contributed by atoms with Crippen molar-refractivity contribution < 1.29 is 4.79 Å². The molecule has 1 aliphatic heterocycles. The molecule has 0 spiro atoms. The summed E-state index contributed by atoms with van der Waals surface area (Å²) in [6.45, 7) is 1.95. The van der Waals surface area contributed by atoms with Crippen molar-refractivity contribution in [3.05, 3.63) is 29.8 Å². The van der Waals surface area contributed by atoms with Gasteiger partial charge in [0.15, 0.2) is 0 Å². The first-order chi connectivity index (χ1) is 9.58. The van der Waals surface area contributed by atoms with Crippen molar-refractivity contribution in [3.8, 4) is 0 Å². The number of carbonyl (C=O) groups is 1. The van der Waals surface area contributed by atoms with Crippen LogP contribution < -0.4 is 10.6 Å². The van der Waals surface area contributed by atoms with E-state index in [9.17, 15) is 4.79 Å². The molecule has 1 aromatic rings. The zero-order valence-electron chi connectivity index (χ0n) is 12.5. The van der Waals surface area contributed by atoms with E-state index in [1.807, 2.05) is 0 Å². The van der Waals surface area contributed by atoms with Gasteiger partial charge in [0.2, 0.25) is 5.91 Å². The SMILES string of the molecule is CN(C)c1ccccc1CN1CCCC[C@H]1CC(N)=O. The molecule has 0 radical (unpaired) electrons. The van der Waals surface area contributed by atoms with Gasteiger partial charge in [-0.3, -0.25) is 9.69 Å². The summed E-state index contributed by atoms with van der Waals surface area (Å²) in [4.78, 5) is 15.8. The Morgan fingerprint density at radius 1 is 1.35 bits per heavy atom. The number of hydrogen-bond acceptors (Lipinski definition) is 3. The summed E-state index contributed by atoms with van der Waals surface area (Å²) >= 11 is 0. The minimum Gasteiger partial charge on any atom is -0.377 e. The molecule has 110 valence electrons. The third kappa shape index (κ3) is 3.73. The third-order valence-corrected chi connectivity index (χ3v) is 4.03. The fraction of sp³-hybridized carbons (Fsp3) is 0.562. The van der Waals surface area contributed by atoms with Crippen LogP contribution in [0.25, 0.3) is 0 Å². The highest BCUT2D eigenvalue weighted by Gasteiger charge is 2.24. The summed E-state index contributed by atoms with van der Waals surface area (Å²) in [5, 5.41) is 0. The van der Waals surface area contributed by atoms with Gasteiger partial charge in [-0.2, -0.15) is 0 Å². The van der Waals surface area contributed by atoms with Crippen LogP contribution in [0.15, 0.2) is 24.3 Å². The lowest BCUT2D eigenvalue weighted by Gasteiger charge is -2.36. The van der Waals surface area contributed by atoms with Gasteiger partial charge in [-0.05, 0) is 31.0 Å². The van der Waals surface area contributed by atoms with Crippen LogP contribution in [-0.4, -0.2) is 37.5 Å². The van der Waals surface area contributed by atoms with E-state index in [4.69, 9.17) is 5.73 Å². The van der Waals surface area contributed by atoms with E-state index in [0.717, 1.165) is 19.5 Å². The summed E-state index contributed by atoms with van der Waals surface area (Å²) in [6.07, 6.45) is 3.96. The third-order valence-electron chi connectivity index (χ3n) is 4.03. The van der Waals surface area contributed by atoms with Gasteiger partial charge in [0.25, 0.3) is 0 Å². The Hall–Kier alpha value is -1.55. The Bertz CT molecular complexity index is 459. The van der Waals surface area contributed by atoms with E-state index in [2.05, 4.69) is 48.2 Å². The molecule has 20 heavy (non-hydrogen) atoms. The van der Waals surface area contributed by atoms with Crippen LogP contribution in [0.4, 0.5) is 5.69 Å². The first-order valence-electron chi connectivity index (χ1n) is 7.35. The monoisotopic (exact) mass is 275 g/mol. The van der Waals surface area contributed by atoms with Crippen molar-refractivity contribution in [2.24, 2.45) is 5.73 Å². The van der Waals surface area contributed by atoms with Gasteiger partial charge in [-0.25, -0.2) is 0 Å². The largest absolute Gasteiger partial charge is 0.377 e. The van der Waals surface area contributed by atoms with Crippen LogP contribution in [0.1, 0.15) is 31.2 Å². The fourth-order valence-electron chi connectivity index (χ4n) is 3.03. The average Bonchev–Trinajstić information content (AvgIpc) is 2.41. The van der Waals surface area contributed by atoms with Crippen molar-refractivity contribution in [1.29, 1.82) is 0 Å². The second-order valence-electron chi connectivity index (χ2n) is 5.81. The number of para-hydroxylation sites is 1. The number of anilines is 1. The average molecular weight is 275 g/mol. The second kappa shape index (κ2) is 6.75. The molecule has 1 amide bonds. The van der Waals surface area contributed by atoms with Crippen LogP contribution in [0.2, 0.25) is 0 Å². The number of likely N-dealkylation sites (tertiary alicyclic amines) is 1. The maximum absolute atomic E-state index is 11.2. The second-order valence-corrected chi connectivity index (χ2v) is 5.81. The molecule has 4 heteroatoms. The molecule has 0 aromatic heterocycles. The maximum Gasteiger partial charge on any atom is 0.218 e. The van der Waals surface area contributed by atoms with Gasteiger partial charge in [-0.15, -0.1) is 0 Å². The summed E-state index contributed by atoms with van der Waals surface area (Å²) < 4.78 is 0. The van der Waals surface area contributed by atoms with E-state index in [0.29, 0.717) is 12.5 Å². The first kappa shape index (κ1) is 14.9. The lowest BCUT2D eigenvalue weighted by Crippen LogP contribution is -2.41. The molecular weight excluding hydrogens is 250 g/mol. The van der Waals surface area contributed by atoms with Crippen LogP contribution in [0.5, 0.6) is 0 Å². The van der Waals surface area contributed by atoms with Crippen LogP contribution in [0.3, 0.4) is 0 Å². The standard InChI is InChI=1S/C16H25N3O/c1-18(2)15-9-4-3-7-13(15)12-19-10-6-5-8-14(19)11-16(17)20/h3-4,7,9,14H,5-6,8,10-12H2,1-2H3,(H2,17,20)/t14-/m0/s1. The van der Waals surface area contributed by atoms with Crippen molar-refractivity contribution in [1.82, 2.24) is 4.90 Å². The Balaban J connectivity index is 2.12. The van der Waals surface area contributed by atoms with E-state index >= 15 is 0 Å². The molecule has 4 nitrogen and oxygen atoms in total. The molecule has 1 fully saturated rings. The number of amides is 1. The van der Waals surface area contributed by atoms with Crippen LogP contribution in [-0.2, 0) is 11.3 Å². The highest BCUT2D eigenvalue weighted by molar-refractivity contribution is 5.74. The van der Waals surface area contributed by atoms with Crippen LogP contribution >= 0.6 is 0 Å². The lowest BCUT2D eigenvalue weighted by molar-refractivity contribution is -0.119. The molecule has 2 N–H and O–H groups in total. The number of piperidine rings is 1. The van der Waals surface area contributed by atoms with Crippen molar-refractivity contribution in [3.63, 3.8) is 0 Å². The highest BCUT2D eigenvalue weighted by atomic mass is 16.1. The Morgan fingerprint density at radius 2 is 2.10 bits per heavy atom. The van der Waals surface area contributed by atoms with E-state index in [1.165, 1.54) is 24.1 Å². The molecule has 0 unspecified atom stereocenters. The van der Waals surface area contributed by atoms with Crippen molar-refractivity contribution in [2.45, 2.75) is 38.3 Å². The fourth-order valence-corrected chi connectivity index (χ4v) is 3.03. The molecule has 2 rings (SSSR count). The molecule has 1 aliphatic rings. The molecule has 1 heterocycles. The molecule has 1 saturated heterocycles. The number of nitrogens with two attached hydrogens (primary N) is 1. The number of hydrogen-bond donors (Lipinski definition) is 1.